The third kappa shape index (κ3) is 2.75. The normalized spacial score (nSPS) is 21.8. The number of likely N-dealkylation sites (tertiary alicyclic amines) is 1. The summed E-state index contributed by atoms with van der Waals surface area (Å²) in [4.78, 5) is 2.05. The lowest BCUT2D eigenvalue weighted by Crippen LogP contribution is -2.38. The van der Waals surface area contributed by atoms with Gasteiger partial charge < -0.3 is 0 Å². The van der Waals surface area contributed by atoms with E-state index >= 15 is 0 Å². The van der Waals surface area contributed by atoms with E-state index in [1.165, 1.54) is 0 Å². The highest BCUT2D eigenvalue weighted by atomic mass is 19.3. The molecule has 0 saturated carbocycles. The Bertz CT molecular complexity index is 325. The molecule has 0 amide bonds. The lowest BCUT2D eigenvalue weighted by atomic mass is 10.1. The van der Waals surface area contributed by atoms with Crippen LogP contribution in [0.3, 0.4) is 0 Å². The number of alkyl halides is 2. The van der Waals surface area contributed by atoms with E-state index < -0.39 is 5.92 Å². The maximum atomic E-state index is 12.9. The molecule has 0 spiro atoms. The predicted octanol–water partition coefficient (Wildman–Crippen LogP) is 1.65. The zero-order valence-corrected chi connectivity index (χ0v) is 8.79. The Morgan fingerprint density at radius 3 is 2.60 bits per heavy atom. The molecule has 1 aromatic rings. The van der Waals surface area contributed by atoms with Crippen molar-refractivity contribution in [2.45, 2.75) is 25.3 Å². The monoisotopic (exact) mass is 215 g/mol. The van der Waals surface area contributed by atoms with Crippen LogP contribution in [0.4, 0.5) is 8.78 Å². The molecule has 84 valence electrons. The quantitative estimate of drug-likeness (QED) is 0.748. The van der Waals surface area contributed by atoms with Gasteiger partial charge in [0, 0.05) is 51.3 Å². The Balaban J connectivity index is 1.87. The highest BCUT2D eigenvalue weighted by molar-refractivity contribution is 5.03. The largest absolute Gasteiger partial charge is 0.299 e. The fourth-order valence-corrected chi connectivity index (χ4v) is 1.85. The van der Waals surface area contributed by atoms with Gasteiger partial charge in [0.15, 0.2) is 0 Å². The van der Waals surface area contributed by atoms with Crippen molar-refractivity contribution in [2.75, 3.05) is 13.1 Å². The average Bonchev–Trinajstić information content (AvgIpc) is 2.55. The van der Waals surface area contributed by atoms with E-state index in [2.05, 4.69) is 10.00 Å². The third-order valence-electron chi connectivity index (χ3n) is 2.75. The molecule has 0 N–H and O–H groups in total. The smallest absolute Gasteiger partial charge is 0.250 e. The van der Waals surface area contributed by atoms with E-state index in [1.807, 2.05) is 13.2 Å². The van der Waals surface area contributed by atoms with Crippen molar-refractivity contribution in [3.63, 3.8) is 0 Å². The van der Waals surface area contributed by atoms with Gasteiger partial charge in [0.05, 0.1) is 6.20 Å². The van der Waals surface area contributed by atoms with Gasteiger partial charge >= 0.3 is 0 Å². The fourth-order valence-electron chi connectivity index (χ4n) is 1.85. The van der Waals surface area contributed by atoms with Crippen LogP contribution in [0.5, 0.6) is 0 Å². The molecule has 1 fully saturated rings. The minimum atomic E-state index is -2.45. The molecule has 0 unspecified atom stereocenters. The second kappa shape index (κ2) is 3.89. The summed E-state index contributed by atoms with van der Waals surface area (Å²) in [7, 11) is 1.86. The zero-order chi connectivity index (χ0) is 10.9. The molecule has 0 bridgehead atoms. The summed E-state index contributed by atoms with van der Waals surface area (Å²) in [6, 6.07) is 0. The maximum absolute atomic E-state index is 12.9. The molecule has 0 atom stereocenters. The lowest BCUT2D eigenvalue weighted by molar-refractivity contribution is -0.0566. The van der Waals surface area contributed by atoms with Gasteiger partial charge in [-0.05, 0) is 0 Å². The lowest BCUT2D eigenvalue weighted by Gasteiger charge is -2.31. The van der Waals surface area contributed by atoms with Crippen molar-refractivity contribution in [1.29, 1.82) is 0 Å². The minimum absolute atomic E-state index is 0.0206. The van der Waals surface area contributed by atoms with Crippen molar-refractivity contribution in [2.24, 2.45) is 7.05 Å². The van der Waals surface area contributed by atoms with Gasteiger partial charge in [-0.15, -0.1) is 0 Å². The molecule has 0 radical (unpaired) electrons. The Morgan fingerprint density at radius 2 is 2.07 bits per heavy atom. The van der Waals surface area contributed by atoms with Crippen LogP contribution in [0, 0.1) is 0 Å². The summed E-state index contributed by atoms with van der Waals surface area (Å²) < 4.78 is 27.5. The van der Waals surface area contributed by atoms with Crippen LogP contribution < -0.4 is 0 Å². The van der Waals surface area contributed by atoms with Crippen LogP contribution in [0.15, 0.2) is 12.4 Å². The first-order valence-corrected chi connectivity index (χ1v) is 5.13. The molecule has 2 heterocycles. The van der Waals surface area contributed by atoms with Gasteiger partial charge in [0.1, 0.15) is 0 Å². The number of aryl methyl sites for hydroxylation is 1. The van der Waals surface area contributed by atoms with Crippen LogP contribution in [0.25, 0.3) is 0 Å². The summed E-state index contributed by atoms with van der Waals surface area (Å²) in [5, 5.41) is 4.05. The highest BCUT2D eigenvalue weighted by Gasteiger charge is 2.33. The van der Waals surface area contributed by atoms with Crippen LogP contribution in [0.2, 0.25) is 0 Å². The summed E-state index contributed by atoms with van der Waals surface area (Å²) in [5.74, 6) is -2.45. The number of halogens is 2. The first kappa shape index (κ1) is 10.5. The first-order valence-electron chi connectivity index (χ1n) is 5.13. The van der Waals surface area contributed by atoms with E-state index in [1.54, 1.807) is 10.9 Å². The van der Waals surface area contributed by atoms with E-state index in [0.717, 1.165) is 12.1 Å². The van der Waals surface area contributed by atoms with Crippen LogP contribution >= 0.6 is 0 Å². The summed E-state index contributed by atoms with van der Waals surface area (Å²) in [6.45, 7) is 1.67. The Morgan fingerprint density at radius 1 is 1.40 bits per heavy atom. The predicted molar refractivity (Wildman–Crippen MR) is 52.7 cm³/mol. The molecular weight excluding hydrogens is 200 g/mol. The van der Waals surface area contributed by atoms with Crippen molar-refractivity contribution in [1.82, 2.24) is 14.7 Å². The minimum Gasteiger partial charge on any atom is -0.299 e. The third-order valence-corrected chi connectivity index (χ3v) is 2.75. The van der Waals surface area contributed by atoms with Gasteiger partial charge in [0.2, 0.25) is 0 Å². The Kier molecular flexibility index (Phi) is 2.73. The topological polar surface area (TPSA) is 21.1 Å². The van der Waals surface area contributed by atoms with Crippen LogP contribution in [-0.2, 0) is 13.6 Å². The molecule has 0 aromatic carbocycles. The van der Waals surface area contributed by atoms with E-state index in [4.69, 9.17) is 0 Å². The number of piperidine rings is 1. The second-order valence-corrected chi connectivity index (χ2v) is 4.15. The SMILES string of the molecule is Cn1cc(CN2CCC(F)(F)CC2)cn1. The molecule has 0 aliphatic carbocycles. The molecule has 3 nitrogen and oxygen atoms in total. The number of nitrogens with zero attached hydrogens (tertiary/aromatic N) is 3. The van der Waals surface area contributed by atoms with E-state index in [-0.39, 0.29) is 12.8 Å². The van der Waals surface area contributed by atoms with Crippen LogP contribution in [-0.4, -0.2) is 33.7 Å². The first-order chi connectivity index (χ1) is 7.05. The zero-order valence-electron chi connectivity index (χ0n) is 8.79. The molecular formula is C10H15F2N3. The van der Waals surface area contributed by atoms with E-state index in [0.29, 0.717) is 13.1 Å². The average molecular weight is 215 g/mol. The molecule has 1 aliphatic rings. The Hall–Kier alpha value is -0.970. The summed E-state index contributed by atoms with van der Waals surface area (Å²) in [5.41, 5.74) is 1.09. The molecule has 1 aromatic heterocycles. The van der Waals surface area contributed by atoms with Gasteiger partial charge in [-0.2, -0.15) is 5.10 Å². The van der Waals surface area contributed by atoms with Gasteiger partial charge in [-0.1, -0.05) is 0 Å². The summed E-state index contributed by atoms with van der Waals surface area (Å²) in [6.07, 6.45) is 3.67. The molecule has 15 heavy (non-hydrogen) atoms. The number of hydrogen-bond donors (Lipinski definition) is 0. The van der Waals surface area contributed by atoms with Crippen molar-refractivity contribution in [3.05, 3.63) is 18.0 Å². The number of aromatic nitrogens is 2. The van der Waals surface area contributed by atoms with Gasteiger partial charge in [-0.25, -0.2) is 8.78 Å². The van der Waals surface area contributed by atoms with Crippen molar-refractivity contribution >= 4 is 0 Å². The molecule has 2 rings (SSSR count). The summed E-state index contributed by atoms with van der Waals surface area (Å²) >= 11 is 0. The van der Waals surface area contributed by atoms with Gasteiger partial charge in [-0.3, -0.25) is 9.58 Å². The second-order valence-electron chi connectivity index (χ2n) is 4.15. The van der Waals surface area contributed by atoms with E-state index in [9.17, 15) is 8.78 Å². The van der Waals surface area contributed by atoms with Crippen molar-refractivity contribution in [3.8, 4) is 0 Å². The fraction of sp³-hybridized carbons (Fsp3) is 0.700. The van der Waals surface area contributed by atoms with Gasteiger partial charge in [0.25, 0.3) is 5.92 Å². The molecule has 1 aliphatic heterocycles. The maximum Gasteiger partial charge on any atom is 0.250 e. The van der Waals surface area contributed by atoms with Crippen LogP contribution in [0.1, 0.15) is 18.4 Å². The standard InChI is InChI=1S/C10H15F2N3/c1-14-7-9(6-13-14)8-15-4-2-10(11,12)3-5-15/h6-7H,2-5,8H2,1H3. The molecule has 1 saturated heterocycles. The molecule has 5 heteroatoms. The number of rotatable bonds is 2. The van der Waals surface area contributed by atoms with Crippen molar-refractivity contribution < 1.29 is 8.78 Å². The Labute approximate surface area is 87.7 Å². The highest BCUT2D eigenvalue weighted by Crippen LogP contribution is 2.28. The number of hydrogen-bond acceptors (Lipinski definition) is 2.